The van der Waals surface area contributed by atoms with Crippen LogP contribution in [0.3, 0.4) is 0 Å². The van der Waals surface area contributed by atoms with Crippen LogP contribution in [0, 0.1) is 6.92 Å². The molecule has 0 saturated heterocycles. The number of aromatic nitrogens is 7. The highest BCUT2D eigenvalue weighted by Crippen LogP contribution is 2.35. The number of benzene rings is 1. The quantitative estimate of drug-likeness (QED) is 0.302. The summed E-state index contributed by atoms with van der Waals surface area (Å²) in [5.41, 5.74) is 3.25. The lowest BCUT2D eigenvalue weighted by molar-refractivity contribution is -0.142. The van der Waals surface area contributed by atoms with Crippen LogP contribution in [0.1, 0.15) is 28.2 Å². The Morgan fingerprint density at radius 1 is 1.10 bits per heavy atom. The van der Waals surface area contributed by atoms with Gasteiger partial charge >= 0.3 is 6.18 Å². The fourth-order valence-corrected chi connectivity index (χ4v) is 4.73. The lowest BCUT2D eigenvalue weighted by Gasteiger charge is -2.17. The Morgan fingerprint density at radius 2 is 1.97 bits per heavy atom. The third-order valence-corrected chi connectivity index (χ3v) is 6.59. The normalized spacial score (nSPS) is 13.6. The first-order valence-electron chi connectivity index (χ1n) is 12.4. The largest absolute Gasteiger partial charge is 0.435 e. The molecular weight excluding hydrogens is 511 g/mol. The van der Waals surface area contributed by atoms with E-state index in [1.54, 1.807) is 23.0 Å². The summed E-state index contributed by atoms with van der Waals surface area (Å²) in [7, 11) is 0. The van der Waals surface area contributed by atoms with Crippen LogP contribution in [0.15, 0.2) is 48.8 Å². The van der Waals surface area contributed by atoms with Gasteiger partial charge in [-0.05, 0) is 55.3 Å². The number of fused-ring (bicyclic) bond motifs is 2. The molecule has 0 atom stereocenters. The van der Waals surface area contributed by atoms with E-state index in [9.17, 15) is 18.3 Å². The van der Waals surface area contributed by atoms with E-state index < -0.39 is 11.9 Å². The molecule has 5 heterocycles. The monoisotopic (exact) mass is 535 g/mol. The maximum Gasteiger partial charge on any atom is 0.435 e. The Hall–Kier alpha value is -4.36. The van der Waals surface area contributed by atoms with Crippen molar-refractivity contribution in [3.63, 3.8) is 0 Å². The van der Waals surface area contributed by atoms with Gasteiger partial charge < -0.3 is 15.7 Å². The lowest BCUT2D eigenvalue weighted by atomic mass is 10.1. The number of nitrogens with one attached hydrogen (secondary N) is 2. The van der Waals surface area contributed by atoms with Crippen molar-refractivity contribution in [2.75, 3.05) is 18.5 Å². The third kappa shape index (κ3) is 4.70. The SMILES string of the molecule is Cc1ccc(Nc2ccc3ncn(-c4ccc(CCO)c(-n5nc(C(F)(F)F)c6c5CCNC6)n4)c3c2)nn1. The highest BCUT2D eigenvalue weighted by molar-refractivity contribution is 5.82. The predicted octanol–water partition coefficient (Wildman–Crippen LogP) is 3.65. The van der Waals surface area contributed by atoms with Crippen LogP contribution >= 0.6 is 0 Å². The molecule has 0 bridgehead atoms. The Kier molecular flexibility index (Phi) is 6.23. The van der Waals surface area contributed by atoms with Gasteiger partial charge in [-0.2, -0.15) is 23.4 Å². The fraction of sp³-hybridized carbons (Fsp3) is 0.269. The minimum absolute atomic E-state index is 0.0759. The summed E-state index contributed by atoms with van der Waals surface area (Å²) in [6.07, 6.45) is -2.41. The molecule has 1 aliphatic rings. The van der Waals surface area contributed by atoms with Crippen molar-refractivity contribution in [1.29, 1.82) is 0 Å². The standard InChI is InChI=1S/C26H24F3N9O/c1-15-2-6-22(35-34-15)32-17-4-5-19-21(12-17)37(14-31-19)23-7-3-16(9-11-39)25(33-23)38-20-8-10-30-13-18(20)24(36-38)26(27,28)29/h2-7,12,14,30,39H,8-11,13H2,1H3,(H,32,35). The Labute approximate surface area is 220 Å². The van der Waals surface area contributed by atoms with Crippen LogP contribution in [0.5, 0.6) is 0 Å². The number of rotatable bonds is 6. The van der Waals surface area contributed by atoms with Gasteiger partial charge in [0.05, 0.1) is 22.4 Å². The number of nitrogens with zero attached hydrogens (tertiary/aromatic N) is 7. The zero-order valence-corrected chi connectivity index (χ0v) is 20.9. The molecule has 4 aromatic heterocycles. The summed E-state index contributed by atoms with van der Waals surface area (Å²) in [5, 5.41) is 28.0. The molecule has 1 aromatic carbocycles. The molecule has 1 aliphatic heterocycles. The third-order valence-electron chi connectivity index (χ3n) is 6.59. The smallest absolute Gasteiger partial charge is 0.396 e. The van der Waals surface area contributed by atoms with E-state index in [1.165, 1.54) is 4.68 Å². The van der Waals surface area contributed by atoms with Crippen LogP contribution < -0.4 is 10.6 Å². The van der Waals surface area contributed by atoms with Crippen molar-refractivity contribution < 1.29 is 18.3 Å². The first-order valence-corrected chi connectivity index (χ1v) is 12.4. The number of halogens is 3. The molecule has 10 nitrogen and oxygen atoms in total. The number of imidazole rings is 1. The van der Waals surface area contributed by atoms with Gasteiger partial charge in [0.15, 0.2) is 17.3 Å². The van der Waals surface area contributed by atoms with Gasteiger partial charge in [0.25, 0.3) is 0 Å². The Balaban J connectivity index is 1.45. The van der Waals surface area contributed by atoms with E-state index >= 15 is 0 Å². The second-order valence-electron chi connectivity index (χ2n) is 9.24. The van der Waals surface area contributed by atoms with Crippen molar-refractivity contribution in [1.82, 2.24) is 39.8 Å². The summed E-state index contributed by atoms with van der Waals surface area (Å²) in [5.74, 6) is 1.28. The summed E-state index contributed by atoms with van der Waals surface area (Å²) >= 11 is 0. The lowest BCUT2D eigenvalue weighted by Crippen LogP contribution is -2.26. The summed E-state index contributed by atoms with van der Waals surface area (Å²) in [4.78, 5) is 9.23. The van der Waals surface area contributed by atoms with Crippen molar-refractivity contribution in [3.8, 4) is 11.6 Å². The molecule has 0 saturated carbocycles. The summed E-state index contributed by atoms with van der Waals surface area (Å²) in [6, 6.07) is 12.8. The molecule has 200 valence electrons. The summed E-state index contributed by atoms with van der Waals surface area (Å²) in [6.45, 7) is 2.27. The zero-order chi connectivity index (χ0) is 27.1. The van der Waals surface area contributed by atoms with Crippen molar-refractivity contribution in [3.05, 3.63) is 77.0 Å². The number of alkyl halides is 3. The van der Waals surface area contributed by atoms with Crippen LogP contribution in [0.4, 0.5) is 24.7 Å². The van der Waals surface area contributed by atoms with Gasteiger partial charge in [0.1, 0.15) is 12.1 Å². The zero-order valence-electron chi connectivity index (χ0n) is 20.9. The van der Waals surface area contributed by atoms with Crippen LogP contribution in [-0.2, 0) is 25.6 Å². The topological polar surface area (TPSA) is 119 Å². The van der Waals surface area contributed by atoms with Crippen molar-refractivity contribution in [2.24, 2.45) is 0 Å². The number of pyridine rings is 1. The first-order chi connectivity index (χ1) is 18.8. The maximum absolute atomic E-state index is 13.9. The van der Waals surface area contributed by atoms with Crippen molar-refractivity contribution >= 4 is 22.5 Å². The molecule has 5 aromatic rings. The Morgan fingerprint density at radius 3 is 2.74 bits per heavy atom. The van der Waals surface area contributed by atoms with Crippen LogP contribution in [0.2, 0.25) is 0 Å². The molecule has 39 heavy (non-hydrogen) atoms. The van der Waals surface area contributed by atoms with Gasteiger partial charge in [-0.25, -0.2) is 14.6 Å². The van der Waals surface area contributed by atoms with E-state index in [4.69, 9.17) is 4.98 Å². The highest BCUT2D eigenvalue weighted by atomic mass is 19.4. The average Bonchev–Trinajstić information content (AvgIpc) is 3.52. The van der Waals surface area contributed by atoms with Crippen LogP contribution in [-0.4, -0.2) is 52.8 Å². The van der Waals surface area contributed by atoms with E-state index in [-0.39, 0.29) is 31.0 Å². The minimum Gasteiger partial charge on any atom is -0.396 e. The number of aliphatic hydroxyl groups is 1. The van der Waals surface area contributed by atoms with Gasteiger partial charge in [-0.15, -0.1) is 5.10 Å². The molecule has 13 heteroatoms. The average molecular weight is 536 g/mol. The molecule has 0 amide bonds. The molecule has 0 fully saturated rings. The Bertz CT molecular complexity index is 1660. The molecular formula is C26H24F3N9O. The number of hydrogen-bond acceptors (Lipinski definition) is 8. The number of hydrogen-bond donors (Lipinski definition) is 3. The van der Waals surface area contributed by atoms with Gasteiger partial charge in [0, 0.05) is 37.4 Å². The summed E-state index contributed by atoms with van der Waals surface area (Å²) < 4.78 is 44.6. The first kappa shape index (κ1) is 24.9. The molecule has 0 aliphatic carbocycles. The van der Waals surface area contributed by atoms with Gasteiger partial charge in [0.2, 0.25) is 0 Å². The molecule has 3 N–H and O–H groups in total. The van der Waals surface area contributed by atoms with E-state index in [2.05, 4.69) is 30.9 Å². The molecule has 0 spiro atoms. The van der Waals surface area contributed by atoms with Crippen molar-refractivity contribution in [2.45, 2.75) is 32.5 Å². The van der Waals surface area contributed by atoms with E-state index in [1.807, 2.05) is 37.3 Å². The van der Waals surface area contributed by atoms with E-state index in [0.717, 1.165) is 16.9 Å². The molecule has 6 rings (SSSR count). The van der Waals surface area contributed by atoms with E-state index in [0.29, 0.717) is 41.4 Å². The van der Waals surface area contributed by atoms with Gasteiger partial charge in [-0.3, -0.25) is 4.57 Å². The predicted molar refractivity (Wildman–Crippen MR) is 137 cm³/mol. The molecule has 0 unspecified atom stereocenters. The second-order valence-corrected chi connectivity index (χ2v) is 9.24. The second kappa shape index (κ2) is 9.75. The number of aliphatic hydroxyl groups excluding tert-OH is 1. The van der Waals surface area contributed by atoms with Gasteiger partial charge in [-0.1, -0.05) is 6.07 Å². The van der Waals surface area contributed by atoms with Crippen LogP contribution in [0.25, 0.3) is 22.7 Å². The minimum atomic E-state index is -4.60. The number of anilines is 2. The maximum atomic E-state index is 13.9. The molecule has 0 radical (unpaired) electrons. The highest BCUT2D eigenvalue weighted by Gasteiger charge is 2.40. The number of aryl methyl sites for hydroxylation is 1. The fourth-order valence-electron chi connectivity index (χ4n) is 4.73.